The molecule has 1 atom stereocenters. The summed E-state index contributed by atoms with van der Waals surface area (Å²) in [7, 11) is 1.77. The van der Waals surface area contributed by atoms with Crippen molar-refractivity contribution >= 4 is 17.3 Å². The summed E-state index contributed by atoms with van der Waals surface area (Å²) < 4.78 is 5.26. The number of methoxy groups -OCH3 is 1. The molecule has 21 heavy (non-hydrogen) atoms. The van der Waals surface area contributed by atoms with Gasteiger partial charge >= 0.3 is 0 Å². The molecular formula is C15H26N4OS. The molecular weight excluding hydrogens is 284 g/mol. The molecule has 1 aromatic heterocycles. The summed E-state index contributed by atoms with van der Waals surface area (Å²) in [6, 6.07) is 0. The van der Waals surface area contributed by atoms with E-state index in [9.17, 15) is 0 Å². The molecule has 0 radical (unpaired) electrons. The lowest BCUT2D eigenvalue weighted by molar-refractivity contribution is 0.157. The van der Waals surface area contributed by atoms with E-state index in [-0.39, 0.29) is 0 Å². The first-order chi connectivity index (χ1) is 10.3. The van der Waals surface area contributed by atoms with Gasteiger partial charge in [-0.25, -0.2) is 9.98 Å². The number of nitrogens with zero attached hydrogens (tertiary/aromatic N) is 3. The van der Waals surface area contributed by atoms with Crippen molar-refractivity contribution in [2.45, 2.75) is 33.2 Å². The van der Waals surface area contributed by atoms with Gasteiger partial charge < -0.3 is 15.0 Å². The minimum atomic E-state index is 0.616. The van der Waals surface area contributed by atoms with Crippen LogP contribution in [-0.2, 0) is 17.7 Å². The van der Waals surface area contributed by atoms with E-state index in [1.165, 1.54) is 11.4 Å². The summed E-state index contributed by atoms with van der Waals surface area (Å²) in [6.07, 6.45) is 2.17. The monoisotopic (exact) mass is 310 g/mol. The molecule has 0 spiro atoms. The van der Waals surface area contributed by atoms with Gasteiger partial charge in [0.25, 0.3) is 0 Å². The average Bonchev–Trinajstić information content (AvgIpc) is 3.13. The number of rotatable bonds is 6. The lowest BCUT2D eigenvalue weighted by Gasteiger charge is -2.21. The molecule has 1 fully saturated rings. The molecule has 118 valence electrons. The summed E-state index contributed by atoms with van der Waals surface area (Å²) in [4.78, 5) is 11.7. The first kappa shape index (κ1) is 16.2. The number of thiazole rings is 1. The lowest BCUT2D eigenvalue weighted by atomic mass is 10.1. The fourth-order valence-corrected chi connectivity index (χ4v) is 3.30. The molecule has 6 heteroatoms. The van der Waals surface area contributed by atoms with Crippen LogP contribution in [0.15, 0.2) is 10.4 Å². The summed E-state index contributed by atoms with van der Waals surface area (Å²) in [5.41, 5.74) is 1.07. The predicted octanol–water partition coefficient (Wildman–Crippen LogP) is 2.14. The van der Waals surface area contributed by atoms with Gasteiger partial charge in [-0.15, -0.1) is 11.3 Å². The average molecular weight is 310 g/mol. The Labute approximate surface area is 131 Å². The van der Waals surface area contributed by atoms with Gasteiger partial charge in [0.05, 0.1) is 23.9 Å². The van der Waals surface area contributed by atoms with Crippen molar-refractivity contribution in [3.8, 4) is 0 Å². The van der Waals surface area contributed by atoms with Gasteiger partial charge in [0.1, 0.15) is 0 Å². The topological polar surface area (TPSA) is 49.8 Å². The normalized spacial score (nSPS) is 19.3. The molecule has 1 N–H and O–H groups in total. The molecule has 0 amide bonds. The second-order valence-corrected chi connectivity index (χ2v) is 6.26. The Morgan fingerprint density at radius 1 is 1.57 bits per heavy atom. The van der Waals surface area contributed by atoms with Crippen LogP contribution in [0.4, 0.5) is 0 Å². The Balaban J connectivity index is 1.96. The number of nitrogens with one attached hydrogen (secondary N) is 1. The van der Waals surface area contributed by atoms with Crippen molar-refractivity contribution in [3.63, 3.8) is 0 Å². The van der Waals surface area contributed by atoms with Crippen molar-refractivity contribution in [1.82, 2.24) is 15.2 Å². The third-order valence-electron chi connectivity index (χ3n) is 3.62. The maximum Gasteiger partial charge on any atom is 0.194 e. The molecule has 2 heterocycles. The number of aryl methyl sites for hydroxylation is 1. The van der Waals surface area contributed by atoms with Crippen LogP contribution in [0.2, 0.25) is 0 Å². The van der Waals surface area contributed by atoms with Crippen LogP contribution in [0.3, 0.4) is 0 Å². The van der Waals surface area contributed by atoms with Crippen LogP contribution in [0.25, 0.3) is 0 Å². The minimum absolute atomic E-state index is 0.616. The van der Waals surface area contributed by atoms with Crippen LogP contribution in [0.1, 0.15) is 31.0 Å². The van der Waals surface area contributed by atoms with Gasteiger partial charge in [0.15, 0.2) is 5.96 Å². The molecule has 0 aromatic carbocycles. The number of likely N-dealkylation sites (tertiary alicyclic amines) is 1. The SMILES string of the molecule is CCNC(=NCc1csc(CC)n1)N1CCC(COC)C1. The molecule has 1 aliphatic heterocycles. The van der Waals surface area contributed by atoms with Gasteiger partial charge in [0, 0.05) is 38.0 Å². The van der Waals surface area contributed by atoms with Gasteiger partial charge in [-0.1, -0.05) is 6.92 Å². The van der Waals surface area contributed by atoms with Gasteiger partial charge in [-0.3, -0.25) is 0 Å². The molecule has 0 aliphatic carbocycles. The standard InChI is InChI=1S/C15H26N4OS/c1-4-14-18-13(11-21-14)8-17-15(16-5-2)19-7-6-12(9-19)10-20-3/h11-12H,4-10H2,1-3H3,(H,16,17). The predicted molar refractivity (Wildman–Crippen MR) is 87.9 cm³/mol. The zero-order chi connectivity index (χ0) is 15.1. The van der Waals surface area contributed by atoms with E-state index in [1.807, 2.05) is 0 Å². The minimum Gasteiger partial charge on any atom is -0.384 e. The Hall–Kier alpha value is -1.14. The molecule has 0 saturated carbocycles. The molecule has 5 nitrogen and oxygen atoms in total. The summed E-state index contributed by atoms with van der Waals surface area (Å²) in [6.45, 7) is 8.70. The first-order valence-electron chi connectivity index (χ1n) is 7.72. The van der Waals surface area contributed by atoms with Crippen molar-refractivity contribution in [1.29, 1.82) is 0 Å². The van der Waals surface area contributed by atoms with Crippen LogP contribution >= 0.6 is 11.3 Å². The maximum absolute atomic E-state index is 5.26. The highest BCUT2D eigenvalue weighted by Gasteiger charge is 2.24. The van der Waals surface area contributed by atoms with E-state index >= 15 is 0 Å². The third kappa shape index (κ3) is 4.68. The van der Waals surface area contributed by atoms with Gasteiger partial charge in [0.2, 0.25) is 0 Å². The van der Waals surface area contributed by atoms with Crippen molar-refractivity contribution in [2.24, 2.45) is 10.9 Å². The highest BCUT2D eigenvalue weighted by atomic mass is 32.1. The molecule has 2 rings (SSSR count). The lowest BCUT2D eigenvalue weighted by Crippen LogP contribution is -2.40. The van der Waals surface area contributed by atoms with Crippen LogP contribution < -0.4 is 5.32 Å². The van der Waals surface area contributed by atoms with Crippen LogP contribution in [0.5, 0.6) is 0 Å². The van der Waals surface area contributed by atoms with Gasteiger partial charge in [-0.05, 0) is 19.8 Å². The van der Waals surface area contributed by atoms with Crippen molar-refractivity contribution in [2.75, 3.05) is 33.4 Å². The van der Waals surface area contributed by atoms with Crippen molar-refractivity contribution in [3.05, 3.63) is 16.1 Å². The fraction of sp³-hybridized carbons (Fsp3) is 0.733. The Kier molecular flexibility index (Phi) is 6.45. The molecule has 1 unspecified atom stereocenters. The Bertz CT molecular complexity index is 460. The number of guanidine groups is 1. The van der Waals surface area contributed by atoms with E-state index in [1.54, 1.807) is 18.4 Å². The molecule has 0 bridgehead atoms. The fourth-order valence-electron chi connectivity index (χ4n) is 2.56. The van der Waals surface area contributed by atoms with E-state index in [0.29, 0.717) is 12.5 Å². The summed E-state index contributed by atoms with van der Waals surface area (Å²) in [5, 5.41) is 6.69. The highest BCUT2D eigenvalue weighted by molar-refractivity contribution is 7.09. The van der Waals surface area contributed by atoms with E-state index in [0.717, 1.165) is 44.3 Å². The van der Waals surface area contributed by atoms with E-state index in [4.69, 9.17) is 9.73 Å². The number of hydrogen-bond donors (Lipinski definition) is 1. The smallest absolute Gasteiger partial charge is 0.194 e. The first-order valence-corrected chi connectivity index (χ1v) is 8.60. The molecule has 1 aliphatic rings. The zero-order valence-electron chi connectivity index (χ0n) is 13.3. The summed E-state index contributed by atoms with van der Waals surface area (Å²) in [5.74, 6) is 1.62. The second kappa shape index (κ2) is 8.34. The van der Waals surface area contributed by atoms with Gasteiger partial charge in [-0.2, -0.15) is 0 Å². The summed E-state index contributed by atoms with van der Waals surface area (Å²) >= 11 is 1.72. The number of aliphatic imine (C=N–C) groups is 1. The third-order valence-corrected chi connectivity index (χ3v) is 4.66. The van der Waals surface area contributed by atoms with Crippen LogP contribution in [0, 0.1) is 5.92 Å². The molecule has 1 saturated heterocycles. The second-order valence-electron chi connectivity index (χ2n) is 5.31. The largest absolute Gasteiger partial charge is 0.384 e. The van der Waals surface area contributed by atoms with E-state index < -0.39 is 0 Å². The number of ether oxygens (including phenoxy) is 1. The van der Waals surface area contributed by atoms with Crippen molar-refractivity contribution < 1.29 is 4.74 Å². The highest BCUT2D eigenvalue weighted by Crippen LogP contribution is 2.17. The van der Waals surface area contributed by atoms with E-state index in [2.05, 4.69) is 34.4 Å². The molecule has 1 aromatic rings. The quantitative estimate of drug-likeness (QED) is 0.646. The number of aromatic nitrogens is 1. The number of hydrogen-bond acceptors (Lipinski definition) is 4. The zero-order valence-corrected chi connectivity index (χ0v) is 14.1. The Morgan fingerprint density at radius 3 is 3.10 bits per heavy atom. The maximum atomic E-state index is 5.26. The Morgan fingerprint density at radius 2 is 2.43 bits per heavy atom. The van der Waals surface area contributed by atoms with Crippen LogP contribution in [-0.4, -0.2) is 49.2 Å².